The number of aromatic nitrogens is 4. The molecule has 1 aliphatic heterocycles. The van der Waals surface area contributed by atoms with Gasteiger partial charge in [-0.2, -0.15) is 0 Å². The Bertz CT molecular complexity index is 1230. The molecule has 7 heteroatoms. The molecule has 1 atom stereocenters. The monoisotopic (exact) mass is 459 g/mol. The molecule has 34 heavy (non-hydrogen) atoms. The Kier molecular flexibility index (Phi) is 5.50. The topological polar surface area (TPSA) is 73.1 Å². The van der Waals surface area contributed by atoms with Gasteiger partial charge in [0.25, 0.3) is 0 Å². The van der Waals surface area contributed by atoms with Crippen LogP contribution in [0, 0.1) is 0 Å². The van der Waals surface area contributed by atoms with Gasteiger partial charge in [0.15, 0.2) is 0 Å². The summed E-state index contributed by atoms with van der Waals surface area (Å²) in [6, 6.07) is 4.84. The fraction of sp³-hybridized carbons (Fsp3) is 0.556. The number of anilines is 1. The van der Waals surface area contributed by atoms with Gasteiger partial charge in [-0.25, -0.2) is 9.78 Å². The Morgan fingerprint density at radius 1 is 1.06 bits per heavy atom. The summed E-state index contributed by atoms with van der Waals surface area (Å²) in [7, 11) is 1.45. The van der Waals surface area contributed by atoms with Crippen LogP contribution in [0.15, 0.2) is 24.5 Å². The highest BCUT2D eigenvalue weighted by Crippen LogP contribution is 2.40. The lowest BCUT2D eigenvalue weighted by Crippen LogP contribution is -2.42. The van der Waals surface area contributed by atoms with Crippen molar-refractivity contribution in [3.05, 3.63) is 47.3 Å². The molecular weight excluding hydrogens is 426 g/mol. The van der Waals surface area contributed by atoms with Crippen molar-refractivity contribution in [3.8, 4) is 0 Å². The minimum absolute atomic E-state index is 0.109. The summed E-state index contributed by atoms with van der Waals surface area (Å²) in [4.78, 5) is 29.1. The van der Waals surface area contributed by atoms with Crippen LogP contribution in [-0.4, -0.2) is 38.8 Å². The average Bonchev–Trinajstić information content (AvgIpc) is 3.65. The molecule has 3 aromatic rings. The van der Waals surface area contributed by atoms with Gasteiger partial charge in [0.2, 0.25) is 0 Å². The number of hydrogen-bond acceptors (Lipinski definition) is 5. The summed E-state index contributed by atoms with van der Waals surface area (Å²) < 4.78 is 7.60. The predicted molar refractivity (Wildman–Crippen MR) is 131 cm³/mol. The summed E-state index contributed by atoms with van der Waals surface area (Å²) >= 11 is 0. The summed E-state index contributed by atoms with van der Waals surface area (Å²) in [5.41, 5.74) is 6.44. The van der Waals surface area contributed by atoms with E-state index in [2.05, 4.69) is 28.6 Å². The lowest BCUT2D eigenvalue weighted by Gasteiger charge is -2.34. The van der Waals surface area contributed by atoms with E-state index in [1.54, 1.807) is 4.90 Å². The van der Waals surface area contributed by atoms with Crippen molar-refractivity contribution < 1.29 is 9.53 Å². The molecule has 2 saturated carbocycles. The van der Waals surface area contributed by atoms with Crippen LogP contribution in [0.25, 0.3) is 11.0 Å². The van der Waals surface area contributed by atoms with E-state index in [1.165, 1.54) is 57.6 Å². The zero-order valence-electron chi connectivity index (χ0n) is 20.2. The van der Waals surface area contributed by atoms with Crippen molar-refractivity contribution in [2.75, 3.05) is 12.0 Å². The van der Waals surface area contributed by atoms with Crippen LogP contribution in [0.1, 0.15) is 93.0 Å². The van der Waals surface area contributed by atoms with Crippen LogP contribution >= 0.6 is 0 Å². The van der Waals surface area contributed by atoms with Crippen molar-refractivity contribution in [1.29, 1.82) is 0 Å². The standard InChI is InChI=1S/C27H33N5O2/c1-17-8-11-21-23(31(17)27(33)34-2)12-13-24-26(21)30-25(32(24)20-6-4-3-5-7-20)14-19-15-28-16-22(29-19)18-9-10-18/h12-13,15-18,20H,3-11,14H2,1-2H3/t17-/m0/s1. The molecule has 1 aromatic carbocycles. The Morgan fingerprint density at radius 3 is 2.65 bits per heavy atom. The number of aryl methyl sites for hydroxylation is 1. The van der Waals surface area contributed by atoms with E-state index in [0.717, 1.165) is 46.8 Å². The van der Waals surface area contributed by atoms with Crippen molar-refractivity contribution in [2.24, 2.45) is 0 Å². The Hall–Kier alpha value is -2.96. The molecule has 2 aromatic heterocycles. The van der Waals surface area contributed by atoms with Crippen LogP contribution in [0.3, 0.4) is 0 Å². The molecule has 0 radical (unpaired) electrons. The first-order valence-corrected chi connectivity index (χ1v) is 12.8. The number of fused-ring (bicyclic) bond motifs is 3. The number of nitrogens with zero attached hydrogens (tertiary/aromatic N) is 5. The number of hydrogen-bond donors (Lipinski definition) is 0. The smallest absolute Gasteiger partial charge is 0.414 e. The van der Waals surface area contributed by atoms with Crippen molar-refractivity contribution in [3.63, 3.8) is 0 Å². The maximum absolute atomic E-state index is 12.6. The highest BCUT2D eigenvalue weighted by Gasteiger charge is 2.32. The van der Waals surface area contributed by atoms with E-state index >= 15 is 0 Å². The Morgan fingerprint density at radius 2 is 1.88 bits per heavy atom. The highest BCUT2D eigenvalue weighted by molar-refractivity contribution is 5.95. The van der Waals surface area contributed by atoms with Crippen LogP contribution in [0.2, 0.25) is 0 Å². The normalized spacial score (nSPS) is 21.0. The molecule has 178 valence electrons. The van der Waals surface area contributed by atoms with Gasteiger partial charge in [-0.1, -0.05) is 19.3 Å². The predicted octanol–water partition coefficient (Wildman–Crippen LogP) is 5.71. The second kappa shape index (κ2) is 8.67. The van der Waals surface area contributed by atoms with Crippen molar-refractivity contribution in [1.82, 2.24) is 19.5 Å². The minimum Gasteiger partial charge on any atom is -0.452 e. The van der Waals surface area contributed by atoms with Crippen molar-refractivity contribution >= 4 is 22.8 Å². The molecular formula is C27H33N5O2. The second-order valence-electron chi connectivity index (χ2n) is 10.2. The van der Waals surface area contributed by atoms with Crippen molar-refractivity contribution in [2.45, 2.75) is 89.1 Å². The van der Waals surface area contributed by atoms with Gasteiger partial charge in [0, 0.05) is 42.4 Å². The van der Waals surface area contributed by atoms with Gasteiger partial charge in [-0.3, -0.25) is 14.9 Å². The lowest BCUT2D eigenvalue weighted by molar-refractivity contribution is 0.175. The number of carbonyl (C=O) groups is 1. The molecule has 0 spiro atoms. The fourth-order valence-electron chi connectivity index (χ4n) is 5.94. The molecule has 7 nitrogen and oxygen atoms in total. The number of rotatable bonds is 4. The summed E-state index contributed by atoms with van der Waals surface area (Å²) in [5, 5.41) is 0. The molecule has 3 aliphatic rings. The van der Waals surface area contributed by atoms with Gasteiger partial charge in [0.05, 0.1) is 35.2 Å². The number of ether oxygens (including phenoxy) is 1. The number of amides is 1. The number of benzene rings is 1. The van der Waals surface area contributed by atoms with E-state index in [1.807, 2.05) is 12.4 Å². The molecule has 3 heterocycles. The zero-order valence-corrected chi connectivity index (χ0v) is 20.2. The van der Waals surface area contributed by atoms with Crippen LogP contribution in [0.4, 0.5) is 10.5 Å². The molecule has 6 rings (SSSR count). The number of imidazole rings is 1. The van der Waals surface area contributed by atoms with E-state index in [9.17, 15) is 4.79 Å². The zero-order chi connectivity index (χ0) is 23.2. The molecule has 0 bridgehead atoms. The summed E-state index contributed by atoms with van der Waals surface area (Å²) in [6.07, 6.45) is 14.7. The van der Waals surface area contributed by atoms with Crippen LogP contribution < -0.4 is 4.90 Å². The fourth-order valence-corrected chi connectivity index (χ4v) is 5.94. The van der Waals surface area contributed by atoms with E-state index in [0.29, 0.717) is 18.4 Å². The maximum Gasteiger partial charge on any atom is 0.414 e. The third-order valence-electron chi connectivity index (χ3n) is 7.88. The molecule has 0 N–H and O–H groups in total. The first kappa shape index (κ1) is 21.6. The average molecular weight is 460 g/mol. The Labute approximate surface area is 200 Å². The van der Waals surface area contributed by atoms with Gasteiger partial charge < -0.3 is 9.30 Å². The largest absolute Gasteiger partial charge is 0.452 e. The summed E-state index contributed by atoms with van der Waals surface area (Å²) in [6.45, 7) is 2.08. The van der Waals surface area contributed by atoms with Gasteiger partial charge >= 0.3 is 6.09 Å². The molecule has 2 fully saturated rings. The quantitative estimate of drug-likeness (QED) is 0.500. The third kappa shape index (κ3) is 3.75. The first-order chi connectivity index (χ1) is 16.6. The first-order valence-electron chi connectivity index (χ1n) is 12.8. The van der Waals surface area contributed by atoms with Crippen LogP contribution in [-0.2, 0) is 17.6 Å². The Balaban J connectivity index is 1.47. The third-order valence-corrected chi connectivity index (χ3v) is 7.88. The molecule has 2 aliphatic carbocycles. The molecule has 0 saturated heterocycles. The van der Waals surface area contributed by atoms with E-state index in [4.69, 9.17) is 14.7 Å². The van der Waals surface area contributed by atoms with Gasteiger partial charge in [0.1, 0.15) is 5.82 Å². The molecule has 0 unspecified atom stereocenters. The van der Waals surface area contributed by atoms with Gasteiger partial charge in [-0.05, 0) is 57.6 Å². The highest BCUT2D eigenvalue weighted by atomic mass is 16.5. The van der Waals surface area contributed by atoms with Crippen LogP contribution in [0.5, 0.6) is 0 Å². The second-order valence-corrected chi connectivity index (χ2v) is 10.2. The van der Waals surface area contributed by atoms with E-state index < -0.39 is 0 Å². The lowest BCUT2D eigenvalue weighted by atomic mass is 9.94. The molecule has 1 amide bonds. The maximum atomic E-state index is 12.6. The van der Waals surface area contributed by atoms with E-state index in [-0.39, 0.29) is 12.1 Å². The SMILES string of the molecule is COC(=O)N1c2ccc3c(nc(Cc4cncc(C5CC5)n4)n3C3CCCCC3)c2CC[C@@H]1C. The minimum atomic E-state index is -0.299. The number of carbonyl (C=O) groups excluding carboxylic acids is 1. The van der Waals surface area contributed by atoms with Gasteiger partial charge in [-0.15, -0.1) is 0 Å². The number of methoxy groups -OCH3 is 1. The summed E-state index contributed by atoms with van der Waals surface area (Å²) in [5.74, 6) is 1.66.